The van der Waals surface area contributed by atoms with Crippen molar-refractivity contribution in [1.82, 2.24) is 10.4 Å². The molecule has 41 heavy (non-hydrogen) atoms. The number of hydrogen-bond acceptors (Lipinski definition) is 4. The van der Waals surface area contributed by atoms with Crippen LogP contribution >= 0.6 is 0 Å². The van der Waals surface area contributed by atoms with E-state index in [1.54, 1.807) is 24.3 Å². The van der Waals surface area contributed by atoms with E-state index in [0.717, 1.165) is 49.2 Å². The minimum atomic E-state index is -0.404. The van der Waals surface area contributed by atoms with Crippen LogP contribution in [0, 0.1) is 0 Å². The standard InChI is InChI=1S/C35H44N2O4/c1-2-3-4-5-6-7-8-11-24-37(40)35(39)29-20-22-31(23-21-29)41-26-27-14-12-17-30(25-27)34(38)36-33-19-13-16-28-15-9-10-18-32(28)33/h9-10,12,14-15,17-18,20-23,25,33,40H,2-8,11,13,16,19,24,26H2,1H3,(H,36,38). The molecular weight excluding hydrogens is 512 g/mol. The van der Waals surface area contributed by atoms with Crippen LogP contribution in [0.15, 0.2) is 72.8 Å². The Morgan fingerprint density at radius 1 is 0.878 bits per heavy atom. The van der Waals surface area contributed by atoms with Gasteiger partial charge in [0, 0.05) is 17.7 Å². The zero-order valence-corrected chi connectivity index (χ0v) is 24.3. The average Bonchev–Trinajstić information content (AvgIpc) is 3.01. The first kappa shape index (κ1) is 30.3. The Morgan fingerprint density at radius 2 is 1.61 bits per heavy atom. The second-order valence-electron chi connectivity index (χ2n) is 11.0. The minimum absolute atomic E-state index is 0.0312. The van der Waals surface area contributed by atoms with E-state index in [1.165, 1.54) is 43.2 Å². The largest absolute Gasteiger partial charge is 0.489 e. The molecule has 1 aliphatic carbocycles. The SMILES string of the molecule is CCCCCCCCCCN(O)C(=O)c1ccc(OCc2cccc(C(=O)NC3CCCc4ccccc43)c2)cc1. The molecule has 1 aliphatic rings. The monoisotopic (exact) mass is 556 g/mol. The van der Waals surface area contributed by atoms with Gasteiger partial charge in [-0.25, -0.2) is 5.06 Å². The molecule has 0 spiro atoms. The topological polar surface area (TPSA) is 78.9 Å². The third-order valence-corrected chi connectivity index (χ3v) is 7.83. The average molecular weight is 557 g/mol. The van der Waals surface area contributed by atoms with E-state index in [-0.39, 0.29) is 11.9 Å². The number of benzene rings is 3. The Morgan fingerprint density at radius 3 is 2.39 bits per heavy atom. The highest BCUT2D eigenvalue weighted by Gasteiger charge is 2.22. The zero-order valence-electron chi connectivity index (χ0n) is 24.3. The molecule has 1 unspecified atom stereocenters. The number of hydrogen-bond donors (Lipinski definition) is 2. The van der Waals surface area contributed by atoms with Gasteiger partial charge in [0.1, 0.15) is 12.4 Å². The van der Waals surface area contributed by atoms with Gasteiger partial charge in [0.25, 0.3) is 11.8 Å². The Balaban J connectivity index is 1.22. The molecule has 6 nitrogen and oxygen atoms in total. The normalized spacial score (nSPS) is 14.2. The highest BCUT2D eigenvalue weighted by molar-refractivity contribution is 5.94. The number of amides is 2. The lowest BCUT2D eigenvalue weighted by atomic mass is 9.87. The van der Waals surface area contributed by atoms with E-state index in [9.17, 15) is 14.8 Å². The number of unbranched alkanes of at least 4 members (excludes halogenated alkanes) is 7. The maximum Gasteiger partial charge on any atom is 0.277 e. The van der Waals surface area contributed by atoms with Crippen LogP contribution in [0.4, 0.5) is 0 Å². The van der Waals surface area contributed by atoms with Gasteiger partial charge >= 0.3 is 0 Å². The highest BCUT2D eigenvalue weighted by Crippen LogP contribution is 2.29. The molecule has 2 N–H and O–H groups in total. The second-order valence-corrected chi connectivity index (χ2v) is 11.0. The number of hydroxylamine groups is 2. The lowest BCUT2D eigenvalue weighted by Crippen LogP contribution is -2.31. The van der Waals surface area contributed by atoms with Gasteiger partial charge in [0.2, 0.25) is 0 Å². The van der Waals surface area contributed by atoms with Gasteiger partial charge in [-0.1, -0.05) is 88.3 Å². The molecule has 1 atom stereocenters. The van der Waals surface area contributed by atoms with Crippen LogP contribution in [0.3, 0.4) is 0 Å². The van der Waals surface area contributed by atoms with Gasteiger partial charge in [-0.15, -0.1) is 0 Å². The molecule has 2 amide bonds. The Bertz CT molecular complexity index is 1260. The molecule has 0 aliphatic heterocycles. The van der Waals surface area contributed by atoms with Crippen molar-refractivity contribution in [2.75, 3.05) is 6.54 Å². The van der Waals surface area contributed by atoms with Gasteiger partial charge in [0.15, 0.2) is 0 Å². The Labute approximate surface area is 244 Å². The maximum atomic E-state index is 13.0. The van der Waals surface area contributed by atoms with Crippen molar-refractivity contribution in [2.24, 2.45) is 0 Å². The molecule has 0 aromatic heterocycles. The number of fused-ring (bicyclic) bond motifs is 1. The molecule has 218 valence electrons. The van der Waals surface area contributed by atoms with E-state index < -0.39 is 5.91 Å². The zero-order chi connectivity index (χ0) is 28.9. The van der Waals surface area contributed by atoms with Crippen LogP contribution in [0.2, 0.25) is 0 Å². The highest BCUT2D eigenvalue weighted by atomic mass is 16.5. The third-order valence-electron chi connectivity index (χ3n) is 7.83. The molecule has 0 bridgehead atoms. The van der Waals surface area contributed by atoms with Gasteiger partial charge in [-0.05, 0) is 78.8 Å². The van der Waals surface area contributed by atoms with Gasteiger partial charge in [-0.2, -0.15) is 0 Å². The van der Waals surface area contributed by atoms with Crippen molar-refractivity contribution in [3.05, 3.63) is 101 Å². The fraction of sp³-hybridized carbons (Fsp3) is 0.429. The van der Waals surface area contributed by atoms with Crippen molar-refractivity contribution in [2.45, 2.75) is 90.2 Å². The first-order valence-electron chi connectivity index (χ1n) is 15.3. The summed E-state index contributed by atoms with van der Waals surface area (Å²) in [7, 11) is 0. The maximum absolute atomic E-state index is 13.0. The van der Waals surface area contributed by atoms with Crippen molar-refractivity contribution >= 4 is 11.8 Å². The molecule has 6 heteroatoms. The summed E-state index contributed by atoms with van der Waals surface area (Å²) in [5, 5.41) is 14.2. The lowest BCUT2D eigenvalue weighted by molar-refractivity contribution is -0.0588. The van der Waals surface area contributed by atoms with Crippen LogP contribution in [-0.4, -0.2) is 28.6 Å². The third kappa shape index (κ3) is 9.19. The summed E-state index contributed by atoms with van der Waals surface area (Å²) in [5.74, 6) is 0.124. The fourth-order valence-corrected chi connectivity index (χ4v) is 5.45. The number of nitrogens with one attached hydrogen (secondary N) is 1. The number of aryl methyl sites for hydroxylation is 1. The molecule has 0 radical (unpaired) electrons. The Hall–Kier alpha value is -3.64. The predicted octanol–water partition coefficient (Wildman–Crippen LogP) is 8.05. The Kier molecular flexibility index (Phi) is 11.8. The van der Waals surface area contributed by atoms with Gasteiger partial charge < -0.3 is 10.1 Å². The summed E-state index contributed by atoms with van der Waals surface area (Å²) in [6.07, 6.45) is 12.3. The van der Waals surface area contributed by atoms with Crippen LogP contribution in [0.25, 0.3) is 0 Å². The quantitative estimate of drug-likeness (QED) is 0.113. The van der Waals surface area contributed by atoms with Crippen molar-refractivity contribution in [1.29, 1.82) is 0 Å². The van der Waals surface area contributed by atoms with Crippen LogP contribution in [-0.2, 0) is 13.0 Å². The van der Waals surface area contributed by atoms with E-state index in [4.69, 9.17) is 4.74 Å². The summed E-state index contributed by atoms with van der Waals surface area (Å²) < 4.78 is 5.93. The summed E-state index contributed by atoms with van der Waals surface area (Å²) in [6.45, 7) is 2.85. The summed E-state index contributed by atoms with van der Waals surface area (Å²) in [5.41, 5.74) is 4.44. The van der Waals surface area contributed by atoms with Crippen molar-refractivity contribution in [3.8, 4) is 5.75 Å². The molecule has 3 aromatic carbocycles. The number of carbonyl (C=O) groups is 2. The molecule has 0 fully saturated rings. The van der Waals surface area contributed by atoms with E-state index >= 15 is 0 Å². The summed E-state index contributed by atoms with van der Waals surface area (Å²) in [6, 6.07) is 22.6. The number of ether oxygens (including phenoxy) is 1. The molecule has 0 saturated carbocycles. The molecule has 3 aromatic rings. The first-order valence-corrected chi connectivity index (χ1v) is 15.3. The fourth-order valence-electron chi connectivity index (χ4n) is 5.45. The number of nitrogens with zero attached hydrogens (tertiary/aromatic N) is 1. The number of carbonyl (C=O) groups excluding carboxylic acids is 2. The lowest BCUT2D eigenvalue weighted by Gasteiger charge is -2.26. The van der Waals surface area contributed by atoms with Crippen LogP contribution in [0.5, 0.6) is 5.75 Å². The summed E-state index contributed by atoms with van der Waals surface area (Å²) in [4.78, 5) is 25.6. The smallest absolute Gasteiger partial charge is 0.277 e. The van der Waals surface area contributed by atoms with Gasteiger partial charge in [0.05, 0.1) is 6.04 Å². The van der Waals surface area contributed by atoms with E-state index in [0.29, 0.717) is 30.0 Å². The summed E-state index contributed by atoms with van der Waals surface area (Å²) >= 11 is 0. The molecule has 4 rings (SSSR count). The predicted molar refractivity (Wildman–Crippen MR) is 162 cm³/mol. The molecular formula is C35H44N2O4. The van der Waals surface area contributed by atoms with E-state index in [1.807, 2.05) is 30.3 Å². The molecule has 0 saturated heterocycles. The van der Waals surface area contributed by atoms with Crippen LogP contribution in [0.1, 0.15) is 115 Å². The van der Waals surface area contributed by atoms with E-state index in [2.05, 4.69) is 30.4 Å². The van der Waals surface area contributed by atoms with Gasteiger partial charge in [-0.3, -0.25) is 14.8 Å². The molecule has 0 heterocycles. The minimum Gasteiger partial charge on any atom is -0.489 e. The first-order chi connectivity index (χ1) is 20.0. The second kappa shape index (κ2) is 16.0. The van der Waals surface area contributed by atoms with Crippen molar-refractivity contribution < 1.29 is 19.5 Å². The van der Waals surface area contributed by atoms with Crippen LogP contribution < -0.4 is 10.1 Å². The van der Waals surface area contributed by atoms with Crippen molar-refractivity contribution in [3.63, 3.8) is 0 Å². The number of rotatable bonds is 15.